The molecule has 0 fully saturated rings. The summed E-state index contributed by atoms with van der Waals surface area (Å²) in [6, 6.07) is 0. The van der Waals surface area contributed by atoms with Crippen LogP contribution in [0.1, 0.15) is 187 Å². The van der Waals surface area contributed by atoms with Crippen molar-refractivity contribution in [3.05, 3.63) is 0 Å². The molecule has 0 aliphatic heterocycles. The highest BCUT2D eigenvalue weighted by atomic mass is 16.3. The Kier molecular flexibility index (Phi) is 30.9. The summed E-state index contributed by atoms with van der Waals surface area (Å²) < 4.78 is 0. The molecule has 0 rings (SSSR count). The number of nitrogens with one attached hydrogen (secondary N) is 1. The fourth-order valence-electron chi connectivity index (χ4n) is 5.04. The van der Waals surface area contributed by atoms with Gasteiger partial charge in [-0.15, -0.1) is 0 Å². The molecular formula is C32H67NO. The molecule has 0 aromatic carbocycles. The summed E-state index contributed by atoms with van der Waals surface area (Å²) in [4.78, 5) is 0. The van der Waals surface area contributed by atoms with Crippen molar-refractivity contribution >= 4 is 0 Å². The van der Waals surface area contributed by atoms with Gasteiger partial charge in [-0.1, -0.05) is 174 Å². The SMILES string of the molecule is CCCCCCCCCCCCCCCCCCNCC(O)CCCCCCCCCCCC. The van der Waals surface area contributed by atoms with Gasteiger partial charge in [0.25, 0.3) is 0 Å². The average molecular weight is 482 g/mol. The van der Waals surface area contributed by atoms with Crippen molar-refractivity contribution in [1.82, 2.24) is 5.32 Å². The second-order valence-corrected chi connectivity index (χ2v) is 11.1. The van der Waals surface area contributed by atoms with Crippen molar-refractivity contribution in [1.29, 1.82) is 0 Å². The topological polar surface area (TPSA) is 32.3 Å². The Morgan fingerprint density at radius 1 is 0.412 bits per heavy atom. The third-order valence-electron chi connectivity index (χ3n) is 7.48. The third kappa shape index (κ3) is 30.0. The van der Waals surface area contributed by atoms with E-state index in [9.17, 15) is 5.11 Å². The highest BCUT2D eigenvalue weighted by Gasteiger charge is 2.03. The molecule has 34 heavy (non-hydrogen) atoms. The smallest absolute Gasteiger partial charge is 0.0664 e. The summed E-state index contributed by atoms with van der Waals surface area (Å²) in [5, 5.41) is 13.6. The zero-order valence-corrected chi connectivity index (χ0v) is 24.0. The molecule has 0 radical (unpaired) electrons. The predicted molar refractivity (Wildman–Crippen MR) is 155 cm³/mol. The van der Waals surface area contributed by atoms with Gasteiger partial charge >= 0.3 is 0 Å². The van der Waals surface area contributed by atoms with Crippen LogP contribution in [0.25, 0.3) is 0 Å². The van der Waals surface area contributed by atoms with E-state index in [1.807, 2.05) is 0 Å². The van der Waals surface area contributed by atoms with Crippen molar-refractivity contribution < 1.29 is 5.11 Å². The van der Waals surface area contributed by atoms with E-state index in [1.165, 1.54) is 167 Å². The number of unbranched alkanes of at least 4 members (excludes halogenated alkanes) is 24. The molecule has 0 aliphatic carbocycles. The second kappa shape index (κ2) is 31.0. The van der Waals surface area contributed by atoms with E-state index in [0.717, 1.165) is 19.5 Å². The van der Waals surface area contributed by atoms with Gasteiger partial charge < -0.3 is 10.4 Å². The molecule has 0 heterocycles. The first-order valence-corrected chi connectivity index (χ1v) is 16.2. The van der Waals surface area contributed by atoms with Crippen LogP contribution in [0.15, 0.2) is 0 Å². The minimum Gasteiger partial charge on any atom is -0.392 e. The summed E-state index contributed by atoms with van der Waals surface area (Å²) in [6.45, 7) is 6.44. The summed E-state index contributed by atoms with van der Waals surface area (Å²) in [5.41, 5.74) is 0. The Labute approximate surface area is 216 Å². The molecule has 0 spiro atoms. The molecule has 2 nitrogen and oxygen atoms in total. The lowest BCUT2D eigenvalue weighted by atomic mass is 10.0. The molecular weight excluding hydrogens is 414 g/mol. The standard InChI is InChI=1S/C32H67NO/c1-3-5-7-9-11-13-15-16-17-18-19-20-22-24-26-28-30-33-31-32(34)29-27-25-23-21-14-12-10-8-6-4-2/h32-34H,3-31H2,1-2H3. The molecule has 1 unspecified atom stereocenters. The largest absolute Gasteiger partial charge is 0.392 e. The minimum atomic E-state index is -0.143. The Morgan fingerprint density at radius 3 is 1.06 bits per heavy atom. The van der Waals surface area contributed by atoms with Crippen LogP contribution in [0.3, 0.4) is 0 Å². The summed E-state index contributed by atoms with van der Waals surface area (Å²) >= 11 is 0. The Morgan fingerprint density at radius 2 is 0.706 bits per heavy atom. The van der Waals surface area contributed by atoms with Crippen LogP contribution in [0.4, 0.5) is 0 Å². The van der Waals surface area contributed by atoms with Crippen LogP contribution in [0.2, 0.25) is 0 Å². The molecule has 0 amide bonds. The predicted octanol–water partition coefficient (Wildman–Crippen LogP) is 10.5. The van der Waals surface area contributed by atoms with Crippen molar-refractivity contribution in [2.75, 3.05) is 13.1 Å². The van der Waals surface area contributed by atoms with Gasteiger partial charge in [-0.25, -0.2) is 0 Å². The Hall–Kier alpha value is -0.0800. The monoisotopic (exact) mass is 482 g/mol. The summed E-state index contributed by atoms with van der Waals surface area (Å²) in [6.07, 6.45) is 37.3. The lowest BCUT2D eigenvalue weighted by Gasteiger charge is -2.11. The maximum atomic E-state index is 10.1. The van der Waals surface area contributed by atoms with Crippen molar-refractivity contribution in [2.24, 2.45) is 0 Å². The lowest BCUT2D eigenvalue weighted by molar-refractivity contribution is 0.158. The first kappa shape index (κ1) is 33.9. The van der Waals surface area contributed by atoms with Gasteiger partial charge in [0, 0.05) is 6.54 Å². The first-order chi connectivity index (χ1) is 16.8. The minimum absolute atomic E-state index is 0.143. The van der Waals surface area contributed by atoms with Gasteiger partial charge in [0.05, 0.1) is 6.10 Å². The van der Waals surface area contributed by atoms with Crippen LogP contribution in [0, 0.1) is 0 Å². The van der Waals surface area contributed by atoms with Gasteiger partial charge in [-0.05, 0) is 19.4 Å². The van der Waals surface area contributed by atoms with Crippen LogP contribution >= 0.6 is 0 Å². The van der Waals surface area contributed by atoms with E-state index in [1.54, 1.807) is 0 Å². The average Bonchev–Trinajstić information content (AvgIpc) is 2.84. The molecule has 0 aliphatic rings. The fourth-order valence-corrected chi connectivity index (χ4v) is 5.04. The van der Waals surface area contributed by atoms with Gasteiger partial charge in [0.15, 0.2) is 0 Å². The maximum absolute atomic E-state index is 10.1. The molecule has 0 saturated carbocycles. The number of rotatable bonds is 30. The van der Waals surface area contributed by atoms with Crippen LogP contribution in [0.5, 0.6) is 0 Å². The Bertz CT molecular complexity index is 346. The number of aliphatic hydroxyl groups is 1. The normalized spacial score (nSPS) is 12.4. The van der Waals surface area contributed by atoms with E-state index in [0.29, 0.717) is 0 Å². The highest BCUT2D eigenvalue weighted by molar-refractivity contribution is 4.60. The summed E-state index contributed by atoms with van der Waals surface area (Å²) in [7, 11) is 0. The second-order valence-electron chi connectivity index (χ2n) is 11.1. The van der Waals surface area contributed by atoms with Gasteiger partial charge in [0.2, 0.25) is 0 Å². The molecule has 0 aromatic rings. The van der Waals surface area contributed by atoms with E-state index in [-0.39, 0.29) is 6.10 Å². The maximum Gasteiger partial charge on any atom is 0.0664 e. The zero-order chi connectivity index (χ0) is 24.8. The molecule has 0 bridgehead atoms. The van der Waals surface area contributed by atoms with Gasteiger partial charge in [0.1, 0.15) is 0 Å². The van der Waals surface area contributed by atoms with E-state index in [2.05, 4.69) is 19.2 Å². The summed E-state index contributed by atoms with van der Waals surface area (Å²) in [5.74, 6) is 0. The van der Waals surface area contributed by atoms with Crippen LogP contribution in [-0.4, -0.2) is 24.3 Å². The molecule has 0 aromatic heterocycles. The number of hydrogen-bond acceptors (Lipinski definition) is 2. The van der Waals surface area contributed by atoms with E-state index in [4.69, 9.17) is 0 Å². The Balaban J connectivity index is 3.12. The molecule has 206 valence electrons. The molecule has 2 heteroatoms. The molecule has 1 atom stereocenters. The first-order valence-electron chi connectivity index (χ1n) is 16.2. The molecule has 2 N–H and O–H groups in total. The number of hydrogen-bond donors (Lipinski definition) is 2. The zero-order valence-electron chi connectivity index (χ0n) is 24.0. The number of aliphatic hydroxyl groups excluding tert-OH is 1. The lowest BCUT2D eigenvalue weighted by Crippen LogP contribution is -2.27. The van der Waals surface area contributed by atoms with Crippen molar-refractivity contribution in [2.45, 2.75) is 193 Å². The fraction of sp³-hybridized carbons (Fsp3) is 1.00. The van der Waals surface area contributed by atoms with Gasteiger partial charge in [-0.2, -0.15) is 0 Å². The highest BCUT2D eigenvalue weighted by Crippen LogP contribution is 2.14. The van der Waals surface area contributed by atoms with E-state index >= 15 is 0 Å². The van der Waals surface area contributed by atoms with Crippen molar-refractivity contribution in [3.63, 3.8) is 0 Å². The quantitative estimate of drug-likeness (QED) is 0.0999. The van der Waals surface area contributed by atoms with E-state index < -0.39 is 0 Å². The van der Waals surface area contributed by atoms with Crippen LogP contribution in [-0.2, 0) is 0 Å². The third-order valence-corrected chi connectivity index (χ3v) is 7.48. The van der Waals surface area contributed by atoms with Gasteiger partial charge in [-0.3, -0.25) is 0 Å². The van der Waals surface area contributed by atoms with Crippen molar-refractivity contribution in [3.8, 4) is 0 Å². The van der Waals surface area contributed by atoms with Crippen LogP contribution < -0.4 is 5.32 Å². The molecule has 0 saturated heterocycles.